The van der Waals surface area contributed by atoms with Crippen LogP contribution in [0.3, 0.4) is 0 Å². The monoisotopic (exact) mass is 434 g/mol. The summed E-state index contributed by atoms with van der Waals surface area (Å²) in [7, 11) is 0. The average Bonchev–Trinajstić information content (AvgIpc) is 3.41. The summed E-state index contributed by atoms with van der Waals surface area (Å²) in [6.45, 7) is 0.529. The molecule has 1 aliphatic rings. The van der Waals surface area contributed by atoms with Gasteiger partial charge in [-0.25, -0.2) is 14.8 Å². The SMILES string of the molecule is O=C(O)c1ccc2c(=O)n3c(nc2c1)/C(=C\c1c(-c2ccccc2)nc2ccccn12)CC3. The molecule has 6 rings (SSSR count). The van der Waals surface area contributed by atoms with Gasteiger partial charge in [0.05, 0.1) is 27.9 Å². The van der Waals surface area contributed by atoms with Crippen molar-refractivity contribution in [2.24, 2.45) is 0 Å². The number of aromatic nitrogens is 4. The van der Waals surface area contributed by atoms with Crippen LogP contribution >= 0.6 is 0 Å². The fourth-order valence-electron chi connectivity index (χ4n) is 4.41. The first-order chi connectivity index (χ1) is 16.1. The summed E-state index contributed by atoms with van der Waals surface area (Å²) in [4.78, 5) is 34.0. The molecule has 0 bridgehead atoms. The lowest BCUT2D eigenvalue weighted by atomic mass is 10.1. The maximum atomic E-state index is 13.1. The molecular weight excluding hydrogens is 416 g/mol. The predicted molar refractivity (Wildman–Crippen MR) is 126 cm³/mol. The van der Waals surface area contributed by atoms with Crippen LogP contribution < -0.4 is 5.56 Å². The van der Waals surface area contributed by atoms with Gasteiger partial charge in [-0.05, 0) is 48.4 Å². The van der Waals surface area contributed by atoms with Crippen LogP contribution in [0.1, 0.15) is 28.3 Å². The van der Waals surface area contributed by atoms with Crippen LogP contribution in [0.5, 0.6) is 0 Å². The highest BCUT2D eigenvalue weighted by atomic mass is 16.4. The zero-order valence-electron chi connectivity index (χ0n) is 17.5. The fraction of sp³-hybridized carbons (Fsp3) is 0.0769. The summed E-state index contributed by atoms with van der Waals surface area (Å²) < 4.78 is 3.69. The van der Waals surface area contributed by atoms with E-state index in [2.05, 4.69) is 0 Å². The molecule has 1 N–H and O–H groups in total. The molecule has 5 aromatic rings. The Hall–Kier alpha value is -4.52. The number of carbonyl (C=O) groups is 1. The van der Waals surface area contributed by atoms with Crippen LogP contribution in [0.15, 0.2) is 77.7 Å². The van der Waals surface area contributed by atoms with Crippen molar-refractivity contribution >= 4 is 34.2 Å². The van der Waals surface area contributed by atoms with Crippen molar-refractivity contribution in [2.45, 2.75) is 13.0 Å². The van der Waals surface area contributed by atoms with Gasteiger partial charge in [0.1, 0.15) is 11.5 Å². The Balaban J connectivity index is 1.58. The molecular formula is C26H18N4O3. The predicted octanol–water partition coefficient (Wildman–Crippen LogP) is 4.35. The Morgan fingerprint density at radius 3 is 2.64 bits per heavy atom. The molecule has 33 heavy (non-hydrogen) atoms. The third-order valence-electron chi connectivity index (χ3n) is 6.02. The molecule has 0 spiro atoms. The van der Waals surface area contributed by atoms with Gasteiger partial charge in [-0.1, -0.05) is 36.4 Å². The molecule has 2 aromatic carbocycles. The molecule has 0 fully saturated rings. The van der Waals surface area contributed by atoms with E-state index in [9.17, 15) is 14.7 Å². The zero-order valence-corrected chi connectivity index (χ0v) is 17.5. The first-order valence-corrected chi connectivity index (χ1v) is 10.6. The molecule has 0 saturated heterocycles. The van der Waals surface area contributed by atoms with Crippen molar-refractivity contribution in [1.82, 2.24) is 18.9 Å². The molecule has 0 atom stereocenters. The van der Waals surface area contributed by atoms with Crippen LogP contribution in [-0.2, 0) is 6.54 Å². The number of pyridine rings is 1. The summed E-state index contributed by atoms with van der Waals surface area (Å²) in [6.07, 6.45) is 4.66. The van der Waals surface area contributed by atoms with E-state index in [-0.39, 0.29) is 11.1 Å². The summed E-state index contributed by atoms with van der Waals surface area (Å²) in [5.41, 5.74) is 4.85. The second kappa shape index (κ2) is 7.27. The maximum absolute atomic E-state index is 13.1. The van der Waals surface area contributed by atoms with Gasteiger partial charge in [-0.3, -0.25) is 13.8 Å². The molecule has 0 radical (unpaired) electrons. The lowest BCUT2D eigenvalue weighted by Gasteiger charge is -2.07. The Morgan fingerprint density at radius 1 is 1.00 bits per heavy atom. The van der Waals surface area contributed by atoms with E-state index < -0.39 is 5.97 Å². The van der Waals surface area contributed by atoms with Crippen LogP contribution in [0.2, 0.25) is 0 Å². The fourth-order valence-corrected chi connectivity index (χ4v) is 4.41. The molecule has 3 aromatic heterocycles. The van der Waals surface area contributed by atoms with Gasteiger partial charge in [0.15, 0.2) is 0 Å². The number of carboxylic acid groups (broad SMARTS) is 1. The van der Waals surface area contributed by atoms with Crippen molar-refractivity contribution in [3.8, 4) is 11.3 Å². The second-order valence-corrected chi connectivity index (χ2v) is 7.99. The van der Waals surface area contributed by atoms with Gasteiger partial charge in [-0.2, -0.15) is 0 Å². The number of fused-ring (bicyclic) bond motifs is 3. The minimum absolute atomic E-state index is 0.107. The zero-order chi connectivity index (χ0) is 22.5. The normalized spacial score (nSPS) is 14.2. The molecule has 0 saturated carbocycles. The lowest BCUT2D eigenvalue weighted by Crippen LogP contribution is -2.21. The highest BCUT2D eigenvalue weighted by Crippen LogP contribution is 2.32. The van der Waals surface area contributed by atoms with E-state index in [0.717, 1.165) is 28.2 Å². The van der Waals surface area contributed by atoms with Crippen molar-refractivity contribution in [2.75, 3.05) is 0 Å². The Kier molecular flexibility index (Phi) is 4.23. The van der Waals surface area contributed by atoms with Crippen LogP contribution in [-0.4, -0.2) is 30.0 Å². The largest absolute Gasteiger partial charge is 0.478 e. The first-order valence-electron chi connectivity index (χ1n) is 10.6. The van der Waals surface area contributed by atoms with Crippen molar-refractivity contribution < 1.29 is 9.90 Å². The van der Waals surface area contributed by atoms with Crippen LogP contribution in [0.4, 0.5) is 0 Å². The molecule has 0 aliphatic carbocycles. The van der Waals surface area contributed by atoms with Gasteiger partial charge in [0, 0.05) is 18.3 Å². The minimum Gasteiger partial charge on any atom is -0.478 e. The Morgan fingerprint density at radius 2 is 1.82 bits per heavy atom. The Bertz CT molecular complexity index is 1660. The number of carboxylic acids is 1. The van der Waals surface area contributed by atoms with Crippen LogP contribution in [0.25, 0.3) is 39.5 Å². The van der Waals surface area contributed by atoms with Gasteiger partial charge in [-0.15, -0.1) is 0 Å². The van der Waals surface area contributed by atoms with E-state index in [4.69, 9.17) is 9.97 Å². The van der Waals surface area contributed by atoms with Gasteiger partial charge < -0.3 is 5.11 Å². The molecule has 160 valence electrons. The van der Waals surface area contributed by atoms with E-state index in [1.807, 2.05) is 65.2 Å². The lowest BCUT2D eigenvalue weighted by molar-refractivity contribution is 0.0697. The smallest absolute Gasteiger partial charge is 0.335 e. The van der Waals surface area contributed by atoms with Gasteiger partial charge >= 0.3 is 5.97 Å². The quantitative estimate of drug-likeness (QED) is 0.456. The number of hydrogen-bond acceptors (Lipinski definition) is 4. The summed E-state index contributed by atoms with van der Waals surface area (Å²) in [6, 6.07) is 20.3. The molecule has 4 heterocycles. The summed E-state index contributed by atoms with van der Waals surface area (Å²) >= 11 is 0. The molecule has 1 aliphatic heterocycles. The first kappa shape index (κ1) is 19.2. The molecule has 0 unspecified atom stereocenters. The van der Waals surface area contributed by atoms with Gasteiger partial charge in [0.25, 0.3) is 5.56 Å². The van der Waals surface area contributed by atoms with E-state index in [1.165, 1.54) is 12.1 Å². The third kappa shape index (κ3) is 3.05. The van der Waals surface area contributed by atoms with E-state index in [1.54, 1.807) is 10.6 Å². The molecule has 7 heteroatoms. The molecule has 0 amide bonds. The number of benzene rings is 2. The van der Waals surface area contributed by atoms with Gasteiger partial charge in [0.2, 0.25) is 0 Å². The maximum Gasteiger partial charge on any atom is 0.335 e. The third-order valence-corrected chi connectivity index (χ3v) is 6.02. The number of imidazole rings is 1. The summed E-state index contributed by atoms with van der Waals surface area (Å²) in [5, 5.41) is 9.76. The molecule has 7 nitrogen and oxygen atoms in total. The number of allylic oxidation sites excluding steroid dienone is 1. The van der Waals surface area contributed by atoms with Crippen LogP contribution in [0, 0.1) is 0 Å². The summed E-state index contributed by atoms with van der Waals surface area (Å²) in [5.74, 6) is -0.478. The average molecular weight is 434 g/mol. The highest BCUT2D eigenvalue weighted by Gasteiger charge is 2.23. The van der Waals surface area contributed by atoms with Crippen molar-refractivity contribution in [1.29, 1.82) is 0 Å². The topological polar surface area (TPSA) is 89.5 Å². The van der Waals surface area contributed by atoms with E-state index in [0.29, 0.717) is 29.7 Å². The van der Waals surface area contributed by atoms with Crippen molar-refractivity contribution in [3.05, 3.63) is 100 Å². The minimum atomic E-state index is -1.05. The standard InChI is InChI=1S/C26H18N4O3/c31-25-19-10-9-18(26(32)33)14-20(19)27-24-17(11-13-30(24)25)15-21-23(16-6-2-1-3-7-16)28-22-8-4-5-12-29(21)22/h1-10,12,14-15H,11,13H2,(H,32,33)/b17-15-. The Labute approximate surface area is 187 Å². The van der Waals surface area contributed by atoms with E-state index >= 15 is 0 Å². The number of nitrogens with zero attached hydrogens (tertiary/aromatic N) is 4. The number of aromatic carboxylic acids is 1. The second-order valence-electron chi connectivity index (χ2n) is 7.99. The number of hydrogen-bond donors (Lipinski definition) is 1. The highest BCUT2D eigenvalue weighted by molar-refractivity contribution is 5.94. The number of rotatable bonds is 3. The van der Waals surface area contributed by atoms with Crippen molar-refractivity contribution in [3.63, 3.8) is 0 Å².